The Morgan fingerprint density at radius 3 is 2.35 bits per heavy atom. The molecule has 0 bridgehead atoms. The van der Waals surface area contributed by atoms with Gasteiger partial charge in [0.05, 0.1) is 11.6 Å². The highest BCUT2D eigenvalue weighted by molar-refractivity contribution is 9.10. The number of hydrogen-bond acceptors (Lipinski definition) is 2. The molecular formula is C14H8BrF3N2. The van der Waals surface area contributed by atoms with Gasteiger partial charge in [-0.25, -0.2) is 13.2 Å². The van der Waals surface area contributed by atoms with Crippen LogP contribution in [0.5, 0.6) is 0 Å². The molecule has 0 saturated carbocycles. The minimum atomic E-state index is -0.867. The molecule has 0 heterocycles. The van der Waals surface area contributed by atoms with Crippen molar-refractivity contribution < 1.29 is 13.2 Å². The van der Waals surface area contributed by atoms with Gasteiger partial charge in [-0.2, -0.15) is 5.26 Å². The second-order valence-electron chi connectivity index (χ2n) is 4.02. The number of rotatable bonds is 3. The largest absolute Gasteiger partial charge is 0.376 e. The van der Waals surface area contributed by atoms with Crippen LogP contribution in [0.25, 0.3) is 0 Å². The van der Waals surface area contributed by atoms with Crippen LogP contribution in [-0.2, 0) is 6.54 Å². The van der Waals surface area contributed by atoms with Gasteiger partial charge in [-0.3, -0.25) is 0 Å². The molecule has 0 spiro atoms. The van der Waals surface area contributed by atoms with Gasteiger partial charge < -0.3 is 5.32 Å². The maximum atomic E-state index is 13.6. The van der Waals surface area contributed by atoms with E-state index in [2.05, 4.69) is 21.2 Å². The third kappa shape index (κ3) is 3.11. The summed E-state index contributed by atoms with van der Waals surface area (Å²) in [6.45, 7) is 0.0398. The highest BCUT2D eigenvalue weighted by Crippen LogP contribution is 2.23. The van der Waals surface area contributed by atoms with Crippen LogP contribution < -0.4 is 5.32 Å². The van der Waals surface area contributed by atoms with Gasteiger partial charge in [-0.1, -0.05) is 15.9 Å². The summed E-state index contributed by atoms with van der Waals surface area (Å²) < 4.78 is 41.0. The Morgan fingerprint density at radius 1 is 1.10 bits per heavy atom. The first kappa shape index (κ1) is 14.4. The summed E-state index contributed by atoms with van der Waals surface area (Å²) in [7, 11) is 0. The lowest BCUT2D eigenvalue weighted by atomic mass is 10.2. The number of hydrogen-bond donors (Lipinski definition) is 1. The smallest absolute Gasteiger partial charge is 0.150 e. The summed E-state index contributed by atoms with van der Waals surface area (Å²) in [5.74, 6) is -2.17. The number of nitrogens with zero attached hydrogens (tertiary/aromatic N) is 1. The minimum absolute atomic E-state index is 0.0398. The van der Waals surface area contributed by atoms with E-state index in [-0.39, 0.29) is 17.8 Å². The van der Waals surface area contributed by atoms with Crippen LogP contribution in [0.15, 0.2) is 34.8 Å². The number of benzene rings is 2. The zero-order valence-corrected chi connectivity index (χ0v) is 11.6. The summed E-state index contributed by atoms with van der Waals surface area (Å²) in [6.07, 6.45) is 0. The summed E-state index contributed by atoms with van der Waals surface area (Å²) >= 11 is 3.23. The van der Waals surface area contributed by atoms with Gasteiger partial charge in [0, 0.05) is 11.0 Å². The summed E-state index contributed by atoms with van der Waals surface area (Å²) in [4.78, 5) is 0. The average Bonchev–Trinajstić information content (AvgIpc) is 2.41. The first-order valence-corrected chi connectivity index (χ1v) is 6.37. The maximum absolute atomic E-state index is 13.6. The summed E-state index contributed by atoms with van der Waals surface area (Å²) in [5, 5.41) is 11.2. The van der Waals surface area contributed by atoms with Gasteiger partial charge in [0.1, 0.15) is 11.5 Å². The van der Waals surface area contributed by atoms with Crippen LogP contribution in [0.1, 0.15) is 11.1 Å². The number of nitrogens with one attached hydrogen (secondary N) is 1. The fraction of sp³-hybridized carbons (Fsp3) is 0.0714. The fourth-order valence-corrected chi connectivity index (χ4v) is 2.06. The summed E-state index contributed by atoms with van der Waals surface area (Å²) in [6, 6.07) is 7.58. The third-order valence-corrected chi connectivity index (χ3v) is 3.41. The predicted molar refractivity (Wildman–Crippen MR) is 72.5 cm³/mol. The molecule has 0 saturated heterocycles. The molecule has 0 aromatic heterocycles. The zero-order valence-electron chi connectivity index (χ0n) is 10.1. The molecular weight excluding hydrogens is 333 g/mol. The van der Waals surface area contributed by atoms with E-state index in [1.54, 1.807) is 6.07 Å². The van der Waals surface area contributed by atoms with E-state index in [0.29, 0.717) is 10.0 Å². The number of nitriles is 1. The Balaban J connectivity index is 2.23. The van der Waals surface area contributed by atoms with E-state index in [1.807, 2.05) is 0 Å². The van der Waals surface area contributed by atoms with Gasteiger partial charge in [0.25, 0.3) is 0 Å². The topological polar surface area (TPSA) is 35.8 Å². The molecule has 0 radical (unpaired) electrons. The van der Waals surface area contributed by atoms with Crippen molar-refractivity contribution in [3.63, 3.8) is 0 Å². The Bertz CT molecular complexity index is 672. The molecule has 0 aliphatic rings. The van der Waals surface area contributed by atoms with E-state index in [1.165, 1.54) is 18.2 Å². The van der Waals surface area contributed by atoms with E-state index in [9.17, 15) is 13.2 Å². The lowest BCUT2D eigenvalue weighted by Gasteiger charge is -2.10. The first-order valence-electron chi connectivity index (χ1n) is 5.58. The molecule has 1 N–H and O–H groups in total. The molecule has 2 rings (SSSR count). The van der Waals surface area contributed by atoms with Crippen LogP contribution in [0.2, 0.25) is 0 Å². The van der Waals surface area contributed by atoms with Gasteiger partial charge in [0.15, 0.2) is 11.6 Å². The monoisotopic (exact) mass is 340 g/mol. The highest BCUT2D eigenvalue weighted by atomic mass is 79.9. The van der Waals surface area contributed by atoms with Crippen molar-refractivity contribution in [2.45, 2.75) is 6.54 Å². The molecule has 0 amide bonds. The average molecular weight is 341 g/mol. The lowest BCUT2D eigenvalue weighted by Crippen LogP contribution is -2.05. The third-order valence-electron chi connectivity index (χ3n) is 2.63. The van der Waals surface area contributed by atoms with Crippen LogP contribution in [-0.4, -0.2) is 0 Å². The SMILES string of the molecule is N#Cc1cc(F)c(NCc2cc(F)ccc2Br)c(F)c1. The molecule has 0 unspecified atom stereocenters. The molecule has 2 nitrogen and oxygen atoms in total. The van der Waals surface area contributed by atoms with Gasteiger partial charge in [-0.15, -0.1) is 0 Å². The number of anilines is 1. The molecule has 0 atom stereocenters. The molecule has 0 aliphatic heterocycles. The highest BCUT2D eigenvalue weighted by Gasteiger charge is 2.11. The second-order valence-corrected chi connectivity index (χ2v) is 4.87. The minimum Gasteiger partial charge on any atom is -0.376 e. The Hall–Kier alpha value is -2.00. The van der Waals surface area contributed by atoms with Gasteiger partial charge in [-0.05, 0) is 35.9 Å². The molecule has 2 aromatic rings. The molecule has 102 valence electrons. The van der Waals surface area contributed by atoms with Crippen molar-refractivity contribution in [1.82, 2.24) is 0 Å². The lowest BCUT2D eigenvalue weighted by molar-refractivity contribution is 0.587. The Kier molecular flexibility index (Phi) is 4.30. The molecule has 2 aromatic carbocycles. The molecule has 20 heavy (non-hydrogen) atoms. The van der Waals surface area contributed by atoms with Crippen molar-refractivity contribution in [2.75, 3.05) is 5.32 Å². The Labute approximate surface area is 122 Å². The quantitative estimate of drug-likeness (QED) is 0.901. The van der Waals surface area contributed by atoms with Crippen molar-refractivity contribution >= 4 is 21.6 Å². The molecule has 0 fully saturated rings. The Morgan fingerprint density at radius 2 is 1.75 bits per heavy atom. The van der Waals surface area contributed by atoms with Crippen molar-refractivity contribution in [3.05, 3.63) is 63.4 Å². The van der Waals surface area contributed by atoms with E-state index in [4.69, 9.17) is 5.26 Å². The van der Waals surface area contributed by atoms with Crippen LogP contribution in [0, 0.1) is 28.8 Å². The van der Waals surface area contributed by atoms with Crippen molar-refractivity contribution in [2.24, 2.45) is 0 Å². The van der Waals surface area contributed by atoms with Gasteiger partial charge >= 0.3 is 0 Å². The van der Waals surface area contributed by atoms with Crippen molar-refractivity contribution in [1.29, 1.82) is 5.26 Å². The van der Waals surface area contributed by atoms with E-state index >= 15 is 0 Å². The zero-order chi connectivity index (χ0) is 14.7. The number of halogens is 4. The van der Waals surface area contributed by atoms with E-state index < -0.39 is 17.5 Å². The normalized spacial score (nSPS) is 10.2. The standard InChI is InChI=1S/C14H8BrF3N2/c15-11-2-1-10(16)5-9(11)7-20-14-12(17)3-8(6-19)4-13(14)18/h1-5,20H,7H2. The van der Waals surface area contributed by atoms with Crippen LogP contribution in [0.4, 0.5) is 18.9 Å². The predicted octanol–water partition coefficient (Wildman–Crippen LogP) is 4.35. The van der Waals surface area contributed by atoms with E-state index in [0.717, 1.165) is 12.1 Å². The summed E-state index contributed by atoms with van der Waals surface area (Å²) in [5.41, 5.74) is 0.0748. The first-order chi connectivity index (χ1) is 9.51. The van der Waals surface area contributed by atoms with Crippen LogP contribution in [0.3, 0.4) is 0 Å². The maximum Gasteiger partial charge on any atom is 0.150 e. The fourth-order valence-electron chi connectivity index (χ4n) is 1.67. The molecule has 0 aliphatic carbocycles. The van der Waals surface area contributed by atoms with Crippen LogP contribution >= 0.6 is 15.9 Å². The second kappa shape index (κ2) is 5.97. The van der Waals surface area contributed by atoms with Crippen molar-refractivity contribution in [3.8, 4) is 6.07 Å². The molecule has 6 heteroatoms. The van der Waals surface area contributed by atoms with Gasteiger partial charge in [0.2, 0.25) is 0 Å².